The highest BCUT2D eigenvalue weighted by molar-refractivity contribution is 6.31. The molecule has 1 amide bonds. The summed E-state index contributed by atoms with van der Waals surface area (Å²) in [5, 5.41) is 1.37. The summed E-state index contributed by atoms with van der Waals surface area (Å²) in [5.74, 6) is 0.0731. The van der Waals surface area contributed by atoms with Crippen molar-refractivity contribution < 1.29 is 4.79 Å². The van der Waals surface area contributed by atoms with Gasteiger partial charge >= 0.3 is 0 Å². The van der Waals surface area contributed by atoms with E-state index in [9.17, 15) is 4.79 Å². The van der Waals surface area contributed by atoms with E-state index in [4.69, 9.17) is 23.2 Å². The molecule has 4 heteroatoms. The maximum absolute atomic E-state index is 13.6. The summed E-state index contributed by atoms with van der Waals surface area (Å²) in [5.41, 5.74) is 5.64. The predicted octanol–water partition coefficient (Wildman–Crippen LogP) is 6.92. The largest absolute Gasteiger partial charge is 0.283 e. The van der Waals surface area contributed by atoms with Crippen LogP contribution < -0.4 is 4.90 Å². The van der Waals surface area contributed by atoms with Crippen molar-refractivity contribution in [3.8, 4) is 0 Å². The molecule has 0 N–H and O–H groups in total. The monoisotopic (exact) mass is 419 g/mol. The number of nitrogens with zero attached hydrogens (tertiary/aromatic N) is 1. The number of anilines is 1. The Kier molecular flexibility index (Phi) is 4.13. The smallest absolute Gasteiger partial charge is 0.237 e. The van der Waals surface area contributed by atoms with E-state index in [2.05, 4.69) is 6.07 Å². The van der Waals surface area contributed by atoms with E-state index < -0.39 is 5.41 Å². The van der Waals surface area contributed by atoms with E-state index in [-0.39, 0.29) is 11.8 Å². The van der Waals surface area contributed by atoms with Crippen LogP contribution >= 0.6 is 23.2 Å². The van der Waals surface area contributed by atoms with Crippen molar-refractivity contribution in [1.29, 1.82) is 0 Å². The van der Waals surface area contributed by atoms with Crippen LogP contribution in [0.4, 0.5) is 5.69 Å². The lowest BCUT2D eigenvalue weighted by Crippen LogP contribution is -2.32. The van der Waals surface area contributed by atoms with Crippen LogP contribution in [-0.2, 0) is 4.79 Å². The molecule has 1 unspecified atom stereocenters. The molecule has 0 spiro atoms. The van der Waals surface area contributed by atoms with Gasteiger partial charge in [0.15, 0.2) is 0 Å². The SMILES string of the molecule is CC1(C)C(=O)N(c2ccccc2)C2=C(c3ccc(Cl)cc3)c3cc(Cl)ccc3C21. The molecule has 3 aromatic rings. The first-order chi connectivity index (χ1) is 13.9. The highest BCUT2D eigenvalue weighted by Crippen LogP contribution is 2.60. The number of rotatable bonds is 2. The van der Waals surface area contributed by atoms with Gasteiger partial charge in [-0.25, -0.2) is 0 Å². The molecule has 144 valence electrons. The molecule has 5 rings (SSSR count). The Morgan fingerprint density at radius 2 is 1.52 bits per heavy atom. The van der Waals surface area contributed by atoms with E-state index in [0.29, 0.717) is 10.0 Å². The third kappa shape index (κ3) is 2.67. The van der Waals surface area contributed by atoms with E-state index >= 15 is 0 Å². The van der Waals surface area contributed by atoms with E-state index in [1.807, 2.05) is 85.5 Å². The molecule has 2 aliphatic rings. The van der Waals surface area contributed by atoms with Gasteiger partial charge in [0, 0.05) is 32.9 Å². The Morgan fingerprint density at radius 1 is 0.862 bits per heavy atom. The van der Waals surface area contributed by atoms with Crippen molar-refractivity contribution in [3.63, 3.8) is 0 Å². The standard InChI is InChI=1S/C25H19Cl2NO/c1-25(2)22-19-13-12-17(27)14-20(19)21(15-8-10-16(26)11-9-15)23(22)28(24(25)29)18-6-4-3-5-7-18/h3-14,22H,1-2H3. The quantitative estimate of drug-likeness (QED) is 0.441. The first-order valence-electron chi connectivity index (χ1n) is 9.59. The number of carbonyl (C=O) groups excluding carboxylic acids is 1. The topological polar surface area (TPSA) is 20.3 Å². The van der Waals surface area contributed by atoms with Crippen LogP contribution in [0.3, 0.4) is 0 Å². The number of amides is 1. The molecule has 0 bridgehead atoms. The third-order valence-corrected chi connectivity index (χ3v) is 6.48. The number of hydrogen-bond donors (Lipinski definition) is 0. The van der Waals surface area contributed by atoms with Crippen molar-refractivity contribution in [2.24, 2.45) is 5.41 Å². The van der Waals surface area contributed by atoms with Gasteiger partial charge < -0.3 is 0 Å². The number of allylic oxidation sites excluding steroid dienone is 1. The summed E-state index contributed by atoms with van der Waals surface area (Å²) in [4.78, 5) is 15.5. The summed E-state index contributed by atoms with van der Waals surface area (Å²) in [6.07, 6.45) is 0. The number of halogens is 2. The van der Waals surface area contributed by atoms with Gasteiger partial charge in [-0.3, -0.25) is 9.69 Å². The minimum Gasteiger partial charge on any atom is -0.283 e. The van der Waals surface area contributed by atoms with Gasteiger partial charge in [0.25, 0.3) is 0 Å². The summed E-state index contributed by atoms with van der Waals surface area (Å²) >= 11 is 12.5. The molecule has 1 aliphatic heterocycles. The van der Waals surface area contributed by atoms with Gasteiger partial charge in [0.1, 0.15) is 0 Å². The van der Waals surface area contributed by atoms with E-state index in [1.165, 1.54) is 0 Å². The Bertz CT molecular complexity index is 1160. The fraction of sp³-hybridized carbons (Fsp3) is 0.160. The fourth-order valence-corrected chi connectivity index (χ4v) is 4.97. The normalized spacial score (nSPS) is 19.5. The lowest BCUT2D eigenvalue weighted by atomic mass is 9.77. The molecule has 1 atom stereocenters. The number of hydrogen-bond acceptors (Lipinski definition) is 1. The zero-order chi connectivity index (χ0) is 20.3. The predicted molar refractivity (Wildman–Crippen MR) is 119 cm³/mol. The van der Waals surface area contributed by atoms with Crippen molar-refractivity contribution in [3.05, 3.63) is 105 Å². The second-order valence-corrected chi connectivity index (χ2v) is 9.00. The molecule has 3 aromatic carbocycles. The number of para-hydroxylation sites is 1. The van der Waals surface area contributed by atoms with Crippen LogP contribution in [0.15, 0.2) is 78.5 Å². The van der Waals surface area contributed by atoms with Crippen LogP contribution in [0.1, 0.15) is 36.5 Å². The van der Waals surface area contributed by atoms with Crippen molar-refractivity contribution in [2.45, 2.75) is 19.8 Å². The number of fused-ring (bicyclic) bond motifs is 3. The molecular formula is C25H19Cl2NO. The Hall–Kier alpha value is -2.55. The zero-order valence-electron chi connectivity index (χ0n) is 16.1. The number of carbonyl (C=O) groups is 1. The van der Waals surface area contributed by atoms with Gasteiger partial charge in [-0.1, -0.05) is 73.4 Å². The second-order valence-electron chi connectivity index (χ2n) is 8.13. The van der Waals surface area contributed by atoms with E-state index in [0.717, 1.165) is 33.6 Å². The van der Waals surface area contributed by atoms with Gasteiger partial charge in [-0.15, -0.1) is 0 Å². The summed E-state index contributed by atoms with van der Waals surface area (Å²) < 4.78 is 0. The van der Waals surface area contributed by atoms with Crippen LogP contribution in [0, 0.1) is 5.41 Å². The number of benzene rings is 3. The fourth-order valence-electron chi connectivity index (χ4n) is 4.67. The molecule has 0 radical (unpaired) electrons. The molecule has 1 heterocycles. The first-order valence-corrected chi connectivity index (χ1v) is 10.3. The Balaban J connectivity index is 1.85. The van der Waals surface area contributed by atoms with Gasteiger partial charge in [0.05, 0.1) is 5.41 Å². The van der Waals surface area contributed by atoms with Crippen molar-refractivity contribution >= 4 is 40.4 Å². The van der Waals surface area contributed by atoms with Crippen LogP contribution in [0.2, 0.25) is 10.0 Å². The van der Waals surface area contributed by atoms with Crippen LogP contribution in [0.5, 0.6) is 0 Å². The molecular weight excluding hydrogens is 401 g/mol. The minimum absolute atomic E-state index is 0.0341. The molecule has 1 saturated heterocycles. The van der Waals surface area contributed by atoms with E-state index in [1.54, 1.807) is 0 Å². The molecule has 0 aromatic heterocycles. The second kappa shape index (κ2) is 6.48. The average molecular weight is 420 g/mol. The molecule has 1 aliphatic carbocycles. The highest BCUT2D eigenvalue weighted by atomic mass is 35.5. The molecule has 1 fully saturated rings. The van der Waals surface area contributed by atoms with Crippen molar-refractivity contribution in [2.75, 3.05) is 4.90 Å². The Labute approximate surface area is 180 Å². The zero-order valence-corrected chi connectivity index (χ0v) is 17.6. The average Bonchev–Trinajstić information content (AvgIpc) is 3.13. The van der Waals surface area contributed by atoms with Crippen molar-refractivity contribution in [1.82, 2.24) is 0 Å². The molecule has 29 heavy (non-hydrogen) atoms. The summed E-state index contributed by atoms with van der Waals surface area (Å²) in [7, 11) is 0. The van der Waals surface area contributed by atoms with Gasteiger partial charge in [0.2, 0.25) is 5.91 Å². The summed E-state index contributed by atoms with van der Waals surface area (Å²) in [6, 6.07) is 23.6. The lowest BCUT2D eigenvalue weighted by molar-refractivity contribution is -0.124. The summed E-state index contributed by atoms with van der Waals surface area (Å²) in [6.45, 7) is 4.07. The van der Waals surface area contributed by atoms with Crippen LogP contribution in [0.25, 0.3) is 5.57 Å². The molecule has 2 nitrogen and oxygen atoms in total. The van der Waals surface area contributed by atoms with Gasteiger partial charge in [-0.2, -0.15) is 0 Å². The first kappa shape index (κ1) is 18.5. The van der Waals surface area contributed by atoms with Crippen LogP contribution in [-0.4, -0.2) is 5.91 Å². The Morgan fingerprint density at radius 3 is 2.21 bits per heavy atom. The molecule has 0 saturated carbocycles. The maximum atomic E-state index is 13.6. The highest BCUT2D eigenvalue weighted by Gasteiger charge is 2.56. The van der Waals surface area contributed by atoms with Gasteiger partial charge in [-0.05, 0) is 53.1 Å². The maximum Gasteiger partial charge on any atom is 0.237 e. The lowest BCUT2D eigenvalue weighted by Gasteiger charge is -2.23. The third-order valence-electron chi connectivity index (χ3n) is 5.99. The minimum atomic E-state index is -0.568.